The van der Waals surface area contributed by atoms with Crippen LogP contribution in [0.5, 0.6) is 0 Å². The van der Waals surface area contributed by atoms with Gasteiger partial charge in [-0.2, -0.15) is 13.1 Å². The van der Waals surface area contributed by atoms with Gasteiger partial charge in [0.15, 0.2) is 5.15 Å². The van der Waals surface area contributed by atoms with Gasteiger partial charge in [0.2, 0.25) is 0 Å². The van der Waals surface area contributed by atoms with Crippen LogP contribution in [0.1, 0.15) is 5.56 Å². The van der Waals surface area contributed by atoms with Crippen LogP contribution in [-0.2, 0) is 14.9 Å². The maximum atomic E-state index is 11.6. The molecule has 96 valence electrons. The van der Waals surface area contributed by atoms with Gasteiger partial charge in [-0.15, -0.1) is 0 Å². The van der Waals surface area contributed by atoms with Crippen molar-refractivity contribution in [2.75, 3.05) is 25.0 Å². The van der Waals surface area contributed by atoms with Crippen LogP contribution in [0.2, 0.25) is 5.15 Å². The fraction of sp³-hybridized carbons (Fsp3) is 0.444. The molecule has 0 aliphatic rings. The lowest BCUT2D eigenvalue weighted by Crippen LogP contribution is -2.32. The van der Waals surface area contributed by atoms with Crippen molar-refractivity contribution < 1.29 is 13.2 Å². The molecule has 0 saturated carbocycles. The van der Waals surface area contributed by atoms with E-state index < -0.39 is 10.2 Å². The fourth-order valence-corrected chi connectivity index (χ4v) is 2.16. The van der Waals surface area contributed by atoms with E-state index in [4.69, 9.17) is 16.3 Å². The van der Waals surface area contributed by atoms with Crippen LogP contribution in [0, 0.1) is 6.92 Å². The summed E-state index contributed by atoms with van der Waals surface area (Å²) in [5.41, 5.74) is 1.06. The van der Waals surface area contributed by atoms with Crippen LogP contribution in [0.3, 0.4) is 0 Å². The fourth-order valence-electron chi connectivity index (χ4n) is 1.08. The summed E-state index contributed by atoms with van der Waals surface area (Å²) in [5.74, 6) is 0. The first-order valence-corrected chi connectivity index (χ1v) is 6.69. The van der Waals surface area contributed by atoms with Gasteiger partial charge in [-0.1, -0.05) is 11.6 Å². The summed E-state index contributed by atoms with van der Waals surface area (Å²) >= 11 is 5.77. The number of methoxy groups -OCH3 is 1. The van der Waals surface area contributed by atoms with Crippen molar-refractivity contribution in [2.45, 2.75) is 6.92 Å². The zero-order valence-corrected chi connectivity index (χ0v) is 11.1. The Kier molecular flexibility index (Phi) is 5.13. The second kappa shape index (κ2) is 6.15. The number of nitrogens with one attached hydrogen (secondary N) is 2. The third-order valence-corrected chi connectivity index (χ3v) is 3.19. The van der Waals surface area contributed by atoms with Crippen molar-refractivity contribution in [2.24, 2.45) is 0 Å². The molecule has 1 aromatic heterocycles. The van der Waals surface area contributed by atoms with Crippen LogP contribution in [0.4, 0.5) is 5.69 Å². The molecule has 2 N–H and O–H groups in total. The third kappa shape index (κ3) is 4.86. The largest absolute Gasteiger partial charge is 0.383 e. The summed E-state index contributed by atoms with van der Waals surface area (Å²) in [4.78, 5) is 3.85. The lowest BCUT2D eigenvalue weighted by molar-refractivity contribution is 0.204. The van der Waals surface area contributed by atoms with E-state index in [9.17, 15) is 8.42 Å². The number of aryl methyl sites for hydroxylation is 1. The normalized spacial score (nSPS) is 11.5. The van der Waals surface area contributed by atoms with Gasteiger partial charge in [0.1, 0.15) is 0 Å². The minimum Gasteiger partial charge on any atom is -0.383 e. The maximum absolute atomic E-state index is 11.6. The van der Waals surface area contributed by atoms with Crippen molar-refractivity contribution in [1.29, 1.82) is 0 Å². The van der Waals surface area contributed by atoms with Crippen molar-refractivity contribution in [3.63, 3.8) is 0 Å². The Hall–Kier alpha value is -0.890. The van der Waals surface area contributed by atoms with Crippen molar-refractivity contribution in [1.82, 2.24) is 9.71 Å². The molecule has 0 spiro atoms. The summed E-state index contributed by atoms with van der Waals surface area (Å²) in [6, 6.07) is 1.60. The number of hydrogen-bond acceptors (Lipinski definition) is 4. The number of halogens is 1. The highest BCUT2D eigenvalue weighted by Gasteiger charge is 2.12. The second-order valence-corrected chi connectivity index (χ2v) is 5.20. The molecule has 17 heavy (non-hydrogen) atoms. The first-order chi connectivity index (χ1) is 7.94. The minimum atomic E-state index is -3.65. The molecule has 6 nitrogen and oxygen atoms in total. The first kappa shape index (κ1) is 14.2. The average Bonchev–Trinajstić information content (AvgIpc) is 2.23. The molecule has 0 bridgehead atoms. The zero-order valence-electron chi connectivity index (χ0n) is 9.53. The van der Waals surface area contributed by atoms with E-state index in [2.05, 4.69) is 14.4 Å². The lowest BCUT2D eigenvalue weighted by Gasteiger charge is -2.10. The van der Waals surface area contributed by atoms with Crippen LogP contribution in [0.25, 0.3) is 0 Å². The highest BCUT2D eigenvalue weighted by molar-refractivity contribution is 7.90. The molecule has 0 aliphatic carbocycles. The highest BCUT2D eigenvalue weighted by atomic mass is 35.5. The second-order valence-electron chi connectivity index (χ2n) is 3.34. The van der Waals surface area contributed by atoms with Crippen LogP contribution < -0.4 is 9.44 Å². The number of rotatable bonds is 6. The van der Waals surface area contributed by atoms with E-state index in [1.165, 1.54) is 7.11 Å². The third-order valence-electron chi connectivity index (χ3n) is 1.82. The predicted octanol–water partition coefficient (Wildman–Crippen LogP) is 0.936. The molecular formula is C9H14ClN3O3S. The standard InChI is InChI=1S/C9H14ClN3O3S/c1-7-5-8(9(10)11-6-7)13-17(14,15)12-3-4-16-2/h5-6,12-13H,3-4H2,1-2H3. The van der Waals surface area contributed by atoms with E-state index in [1.54, 1.807) is 19.2 Å². The Morgan fingerprint density at radius 2 is 2.24 bits per heavy atom. The number of nitrogens with zero attached hydrogens (tertiary/aromatic N) is 1. The molecule has 8 heteroatoms. The van der Waals surface area contributed by atoms with E-state index in [1.807, 2.05) is 0 Å². The molecule has 0 saturated heterocycles. The number of hydrogen-bond donors (Lipinski definition) is 2. The summed E-state index contributed by atoms with van der Waals surface area (Å²) in [7, 11) is -2.16. The highest BCUT2D eigenvalue weighted by Crippen LogP contribution is 2.20. The Labute approximate surface area is 106 Å². The molecule has 0 unspecified atom stereocenters. The van der Waals surface area contributed by atoms with Gasteiger partial charge in [-0.05, 0) is 18.6 Å². The minimum absolute atomic E-state index is 0.104. The van der Waals surface area contributed by atoms with E-state index in [-0.39, 0.29) is 17.4 Å². The quantitative estimate of drug-likeness (QED) is 0.600. The number of anilines is 1. The molecular weight excluding hydrogens is 266 g/mol. The van der Waals surface area contributed by atoms with Gasteiger partial charge in [-0.25, -0.2) is 4.98 Å². The molecule has 1 heterocycles. The number of ether oxygens (including phenoxy) is 1. The maximum Gasteiger partial charge on any atom is 0.299 e. The molecule has 0 aromatic carbocycles. The molecule has 0 amide bonds. The zero-order chi connectivity index (χ0) is 12.9. The Bertz CT molecular complexity index is 478. The van der Waals surface area contributed by atoms with Crippen molar-refractivity contribution in [3.05, 3.63) is 23.0 Å². The lowest BCUT2D eigenvalue weighted by atomic mass is 10.3. The van der Waals surface area contributed by atoms with Crippen LogP contribution in [0.15, 0.2) is 12.3 Å². The molecule has 0 fully saturated rings. The van der Waals surface area contributed by atoms with Crippen molar-refractivity contribution in [3.8, 4) is 0 Å². The monoisotopic (exact) mass is 279 g/mol. The molecule has 1 rings (SSSR count). The van der Waals surface area contributed by atoms with Gasteiger partial charge in [0.25, 0.3) is 10.2 Å². The Morgan fingerprint density at radius 3 is 2.88 bits per heavy atom. The van der Waals surface area contributed by atoms with Gasteiger partial charge in [0.05, 0.1) is 12.3 Å². The molecule has 0 radical (unpaired) electrons. The average molecular weight is 280 g/mol. The van der Waals surface area contributed by atoms with Crippen LogP contribution in [-0.4, -0.2) is 33.7 Å². The van der Waals surface area contributed by atoms with Gasteiger partial charge >= 0.3 is 0 Å². The van der Waals surface area contributed by atoms with E-state index in [0.717, 1.165) is 5.56 Å². The van der Waals surface area contributed by atoms with Crippen LogP contribution >= 0.6 is 11.6 Å². The smallest absolute Gasteiger partial charge is 0.299 e. The molecule has 0 aliphatic heterocycles. The SMILES string of the molecule is COCCNS(=O)(=O)Nc1cc(C)cnc1Cl. The summed E-state index contributed by atoms with van der Waals surface area (Å²) in [6.45, 7) is 2.27. The Morgan fingerprint density at radius 1 is 1.53 bits per heavy atom. The summed E-state index contributed by atoms with van der Waals surface area (Å²) < 4.78 is 32.5. The topological polar surface area (TPSA) is 80.3 Å². The van der Waals surface area contributed by atoms with E-state index in [0.29, 0.717) is 6.61 Å². The summed E-state index contributed by atoms with van der Waals surface area (Å²) in [5, 5.41) is 0.104. The number of aromatic nitrogens is 1. The number of pyridine rings is 1. The van der Waals surface area contributed by atoms with E-state index >= 15 is 0 Å². The van der Waals surface area contributed by atoms with Gasteiger partial charge in [-0.3, -0.25) is 4.72 Å². The van der Waals surface area contributed by atoms with Crippen molar-refractivity contribution >= 4 is 27.5 Å². The first-order valence-electron chi connectivity index (χ1n) is 4.83. The van der Waals surface area contributed by atoms with Gasteiger partial charge in [0, 0.05) is 19.9 Å². The van der Waals surface area contributed by atoms with Gasteiger partial charge < -0.3 is 4.74 Å². The summed E-state index contributed by atoms with van der Waals surface area (Å²) in [6.07, 6.45) is 1.55. The molecule has 0 atom stereocenters. The molecule has 1 aromatic rings. The Balaban J connectivity index is 2.72. The predicted molar refractivity (Wildman–Crippen MR) is 66.4 cm³/mol.